The molecule has 0 unspecified atom stereocenters. The largest absolute Gasteiger partial charge is 0.281 e. The normalized spacial score (nSPS) is 10.6. The number of aromatic nitrogens is 2. The highest BCUT2D eigenvalue weighted by Gasteiger charge is 2.17. The van der Waals surface area contributed by atoms with Crippen molar-refractivity contribution in [2.24, 2.45) is 0 Å². The number of hydrazine groups is 1. The maximum atomic E-state index is 12.5. The first kappa shape index (κ1) is 20.9. The van der Waals surface area contributed by atoms with E-state index in [-0.39, 0.29) is 18.2 Å². The summed E-state index contributed by atoms with van der Waals surface area (Å²) in [5.41, 5.74) is 9.38. The van der Waals surface area contributed by atoms with E-state index in [1.165, 1.54) is 28.2 Å². The Morgan fingerprint density at radius 3 is 2.32 bits per heavy atom. The summed E-state index contributed by atoms with van der Waals surface area (Å²) in [6, 6.07) is 17.8. The Kier molecular flexibility index (Phi) is 6.20. The number of hydrogen-bond donors (Lipinski definition) is 2. The standard InChI is InChI=1S/C23H20N4O2S2/c1-14-8-10-17(11-9-14)22-25-18(13-30-22)12-19(28)26-27-21(29)20-15(2)24-23(31-20)16-6-4-3-5-7-16/h3-11,13H,12H2,1-2H3,(H,26,28)(H,27,29). The number of nitrogens with zero attached hydrogens (tertiary/aromatic N) is 2. The zero-order valence-corrected chi connectivity index (χ0v) is 18.6. The number of benzene rings is 2. The number of hydrogen-bond acceptors (Lipinski definition) is 6. The molecule has 8 heteroatoms. The Bertz CT molecular complexity index is 1210. The van der Waals surface area contributed by atoms with Gasteiger partial charge in [0.05, 0.1) is 17.8 Å². The molecule has 31 heavy (non-hydrogen) atoms. The molecule has 0 saturated carbocycles. The Morgan fingerprint density at radius 1 is 0.871 bits per heavy atom. The van der Waals surface area contributed by atoms with Crippen LogP contribution in [0.3, 0.4) is 0 Å². The molecule has 4 rings (SSSR count). The summed E-state index contributed by atoms with van der Waals surface area (Å²) in [7, 11) is 0. The van der Waals surface area contributed by atoms with E-state index in [1.807, 2.05) is 66.9 Å². The molecule has 0 radical (unpaired) electrons. The summed E-state index contributed by atoms with van der Waals surface area (Å²) in [6.45, 7) is 3.81. The molecule has 156 valence electrons. The molecule has 0 bridgehead atoms. The molecule has 0 aliphatic carbocycles. The fourth-order valence-corrected chi connectivity index (χ4v) is 4.71. The molecule has 2 aromatic heterocycles. The summed E-state index contributed by atoms with van der Waals surface area (Å²) in [5.74, 6) is -0.719. The van der Waals surface area contributed by atoms with Crippen molar-refractivity contribution in [1.29, 1.82) is 0 Å². The van der Waals surface area contributed by atoms with Crippen LogP contribution in [0.15, 0.2) is 60.0 Å². The molecule has 2 N–H and O–H groups in total. The van der Waals surface area contributed by atoms with Crippen molar-refractivity contribution < 1.29 is 9.59 Å². The van der Waals surface area contributed by atoms with Crippen molar-refractivity contribution in [3.8, 4) is 21.1 Å². The van der Waals surface area contributed by atoms with Crippen molar-refractivity contribution in [2.45, 2.75) is 20.3 Å². The second kappa shape index (κ2) is 9.20. The first-order valence-corrected chi connectivity index (χ1v) is 11.3. The Hall–Kier alpha value is -3.36. The average Bonchev–Trinajstić information content (AvgIpc) is 3.40. The van der Waals surface area contributed by atoms with Crippen LogP contribution in [0.5, 0.6) is 0 Å². The fraction of sp³-hybridized carbons (Fsp3) is 0.130. The molecule has 6 nitrogen and oxygen atoms in total. The monoisotopic (exact) mass is 448 g/mol. The molecule has 0 atom stereocenters. The van der Waals surface area contributed by atoms with E-state index in [2.05, 4.69) is 20.8 Å². The van der Waals surface area contributed by atoms with Gasteiger partial charge in [-0.05, 0) is 13.8 Å². The van der Waals surface area contributed by atoms with Crippen LogP contribution in [0, 0.1) is 13.8 Å². The quantitative estimate of drug-likeness (QED) is 0.439. The minimum Gasteiger partial charge on any atom is -0.273 e. The minimum absolute atomic E-state index is 0.0829. The number of amides is 2. The van der Waals surface area contributed by atoms with Gasteiger partial charge in [-0.15, -0.1) is 22.7 Å². The average molecular weight is 449 g/mol. The molecule has 0 aliphatic heterocycles. The van der Waals surface area contributed by atoms with Gasteiger partial charge in [0.2, 0.25) is 5.91 Å². The van der Waals surface area contributed by atoms with Gasteiger partial charge in [-0.2, -0.15) is 0 Å². The van der Waals surface area contributed by atoms with E-state index in [1.54, 1.807) is 6.92 Å². The van der Waals surface area contributed by atoms with Gasteiger partial charge in [0.15, 0.2) is 0 Å². The first-order valence-electron chi connectivity index (χ1n) is 9.63. The smallest absolute Gasteiger partial charge is 0.273 e. The second-order valence-electron chi connectivity index (χ2n) is 6.99. The minimum atomic E-state index is -0.385. The van der Waals surface area contributed by atoms with Crippen molar-refractivity contribution in [3.63, 3.8) is 0 Å². The third kappa shape index (κ3) is 5.04. The third-order valence-corrected chi connectivity index (χ3v) is 6.68. The summed E-state index contributed by atoms with van der Waals surface area (Å²) in [5, 5.41) is 3.48. The van der Waals surface area contributed by atoms with Gasteiger partial charge in [0, 0.05) is 16.5 Å². The SMILES string of the molecule is Cc1ccc(-c2nc(CC(=O)NNC(=O)c3sc(-c4ccccc4)nc3C)cs2)cc1. The molecule has 4 aromatic rings. The number of carbonyl (C=O) groups excluding carboxylic acids is 2. The van der Waals surface area contributed by atoms with Gasteiger partial charge in [0.25, 0.3) is 5.91 Å². The maximum Gasteiger partial charge on any atom is 0.281 e. The number of aryl methyl sites for hydroxylation is 2. The number of nitrogens with one attached hydrogen (secondary N) is 2. The summed E-state index contributed by atoms with van der Waals surface area (Å²) >= 11 is 2.78. The molecule has 2 heterocycles. The van der Waals surface area contributed by atoms with Crippen LogP contribution in [0.2, 0.25) is 0 Å². The summed E-state index contributed by atoms with van der Waals surface area (Å²) < 4.78 is 0. The van der Waals surface area contributed by atoms with Gasteiger partial charge < -0.3 is 0 Å². The highest BCUT2D eigenvalue weighted by Crippen LogP contribution is 2.27. The fourth-order valence-electron chi connectivity index (χ4n) is 2.92. The van der Waals surface area contributed by atoms with Crippen molar-refractivity contribution in [3.05, 3.63) is 81.8 Å². The van der Waals surface area contributed by atoms with E-state index >= 15 is 0 Å². The maximum absolute atomic E-state index is 12.5. The van der Waals surface area contributed by atoms with Crippen molar-refractivity contribution >= 4 is 34.5 Å². The van der Waals surface area contributed by atoms with Crippen LogP contribution >= 0.6 is 22.7 Å². The highest BCUT2D eigenvalue weighted by atomic mass is 32.1. The molecule has 0 aliphatic rings. The molecular weight excluding hydrogens is 428 g/mol. The first-order chi connectivity index (χ1) is 15.0. The molecule has 2 amide bonds. The Labute approximate surface area is 188 Å². The molecular formula is C23H20N4O2S2. The van der Waals surface area contributed by atoms with E-state index in [9.17, 15) is 9.59 Å². The van der Waals surface area contributed by atoms with Crippen molar-refractivity contribution in [2.75, 3.05) is 0 Å². The van der Waals surface area contributed by atoms with Crippen LogP contribution in [0.4, 0.5) is 0 Å². The Balaban J connectivity index is 1.35. The van der Waals surface area contributed by atoms with Crippen molar-refractivity contribution in [1.82, 2.24) is 20.8 Å². The van der Waals surface area contributed by atoms with Crippen LogP contribution in [0.25, 0.3) is 21.1 Å². The topological polar surface area (TPSA) is 84.0 Å². The van der Waals surface area contributed by atoms with Gasteiger partial charge in [0.1, 0.15) is 14.9 Å². The summed E-state index contributed by atoms with van der Waals surface area (Å²) in [6.07, 6.45) is 0.0829. The van der Waals surface area contributed by atoms with Crippen LogP contribution in [0.1, 0.15) is 26.6 Å². The zero-order chi connectivity index (χ0) is 21.8. The van der Waals surface area contributed by atoms with E-state index < -0.39 is 0 Å². The van der Waals surface area contributed by atoms with Gasteiger partial charge >= 0.3 is 0 Å². The van der Waals surface area contributed by atoms with E-state index in [0.29, 0.717) is 16.3 Å². The van der Waals surface area contributed by atoms with E-state index in [4.69, 9.17) is 0 Å². The summed E-state index contributed by atoms with van der Waals surface area (Å²) in [4.78, 5) is 34.3. The number of carbonyl (C=O) groups is 2. The number of thiazole rings is 2. The van der Waals surface area contributed by atoms with Crippen LogP contribution in [-0.4, -0.2) is 21.8 Å². The molecule has 0 fully saturated rings. The molecule has 2 aromatic carbocycles. The lowest BCUT2D eigenvalue weighted by atomic mass is 10.2. The molecule has 0 spiro atoms. The van der Waals surface area contributed by atoms with Gasteiger partial charge in [-0.1, -0.05) is 60.2 Å². The number of rotatable bonds is 5. The predicted molar refractivity (Wildman–Crippen MR) is 124 cm³/mol. The second-order valence-corrected chi connectivity index (χ2v) is 8.85. The van der Waals surface area contributed by atoms with Crippen LogP contribution < -0.4 is 10.9 Å². The lowest BCUT2D eigenvalue weighted by Gasteiger charge is -2.05. The lowest BCUT2D eigenvalue weighted by Crippen LogP contribution is -2.42. The van der Waals surface area contributed by atoms with Gasteiger partial charge in [-0.25, -0.2) is 9.97 Å². The highest BCUT2D eigenvalue weighted by molar-refractivity contribution is 7.17. The zero-order valence-electron chi connectivity index (χ0n) is 17.0. The van der Waals surface area contributed by atoms with E-state index in [0.717, 1.165) is 21.1 Å². The lowest BCUT2D eigenvalue weighted by molar-refractivity contribution is -0.121. The predicted octanol–water partition coefficient (Wildman–Crippen LogP) is 4.55. The Morgan fingerprint density at radius 2 is 1.58 bits per heavy atom. The van der Waals surface area contributed by atoms with Gasteiger partial charge in [-0.3, -0.25) is 20.4 Å². The third-order valence-electron chi connectivity index (χ3n) is 4.53. The van der Waals surface area contributed by atoms with Crippen LogP contribution in [-0.2, 0) is 11.2 Å². The molecule has 0 saturated heterocycles.